The van der Waals surface area contributed by atoms with Gasteiger partial charge in [-0.15, -0.1) is 0 Å². The van der Waals surface area contributed by atoms with Gasteiger partial charge in [-0.3, -0.25) is 14.5 Å². The number of nitrogens with zero attached hydrogens (tertiary/aromatic N) is 1. The Hall–Kier alpha value is -2.25. The number of ether oxygens (including phenoxy) is 3. The third-order valence-electron chi connectivity index (χ3n) is 3.20. The summed E-state index contributed by atoms with van der Waals surface area (Å²) in [4.78, 5) is 25.6. The lowest BCUT2D eigenvalue weighted by atomic mass is 10.1. The highest BCUT2D eigenvalue weighted by molar-refractivity contribution is 8.06. The van der Waals surface area contributed by atoms with Gasteiger partial charge in [0.15, 0.2) is 11.5 Å². The van der Waals surface area contributed by atoms with Gasteiger partial charge in [-0.25, -0.2) is 0 Å². The molecular formula is C17H19NO5S. The molecule has 0 N–H and O–H groups in total. The highest BCUT2D eigenvalue weighted by Crippen LogP contribution is 2.35. The van der Waals surface area contributed by atoms with Crippen molar-refractivity contribution in [3.8, 4) is 11.5 Å². The number of hydrogen-bond donors (Lipinski definition) is 0. The van der Waals surface area contributed by atoms with Gasteiger partial charge < -0.3 is 14.2 Å². The third-order valence-corrected chi connectivity index (χ3v) is 4.01. The topological polar surface area (TPSA) is 65.1 Å². The van der Waals surface area contributed by atoms with Crippen molar-refractivity contribution in [2.45, 2.75) is 13.8 Å². The Bertz CT molecular complexity index is 711. The van der Waals surface area contributed by atoms with Gasteiger partial charge >= 0.3 is 5.97 Å². The Labute approximate surface area is 145 Å². The lowest BCUT2D eigenvalue weighted by Gasteiger charge is -2.21. The minimum absolute atomic E-state index is 0.134. The van der Waals surface area contributed by atoms with Crippen LogP contribution in [0, 0.1) is 6.92 Å². The van der Waals surface area contributed by atoms with Crippen LogP contribution in [-0.2, 0) is 14.3 Å². The average Bonchev–Trinajstić information content (AvgIpc) is 2.53. The number of aryl methyl sites for hydroxylation is 1. The van der Waals surface area contributed by atoms with E-state index in [1.165, 1.54) is 37.8 Å². The molecule has 0 unspecified atom stereocenters. The maximum Gasteiger partial charge on any atom is 0.308 e. The van der Waals surface area contributed by atoms with Crippen molar-refractivity contribution in [2.75, 3.05) is 21.0 Å². The summed E-state index contributed by atoms with van der Waals surface area (Å²) in [6.45, 7) is 3.35. The molecule has 1 heterocycles. The van der Waals surface area contributed by atoms with E-state index in [9.17, 15) is 9.59 Å². The predicted octanol–water partition coefficient (Wildman–Crippen LogP) is 2.92. The summed E-state index contributed by atoms with van der Waals surface area (Å²) in [6, 6.07) is 3.56. The van der Waals surface area contributed by atoms with Crippen LogP contribution in [0.25, 0.3) is 6.08 Å². The Morgan fingerprint density at radius 3 is 2.71 bits per heavy atom. The molecule has 1 aliphatic heterocycles. The zero-order valence-electron chi connectivity index (χ0n) is 14.0. The molecule has 24 heavy (non-hydrogen) atoms. The fourth-order valence-corrected chi connectivity index (χ4v) is 2.98. The molecule has 0 fully saturated rings. The molecule has 0 aliphatic carbocycles. The number of esters is 1. The molecule has 0 radical (unpaired) electrons. The summed E-state index contributed by atoms with van der Waals surface area (Å²) in [7, 11) is 3.04. The molecule has 1 aliphatic rings. The van der Waals surface area contributed by atoms with Gasteiger partial charge in [-0.2, -0.15) is 0 Å². The average molecular weight is 349 g/mol. The molecule has 1 aromatic rings. The number of thioether (sulfide) groups is 1. The van der Waals surface area contributed by atoms with Crippen molar-refractivity contribution < 1.29 is 23.8 Å². The first-order chi connectivity index (χ1) is 11.5. The first kappa shape index (κ1) is 18.1. The second-order valence-electron chi connectivity index (χ2n) is 5.07. The highest BCUT2D eigenvalue weighted by atomic mass is 32.2. The molecular weight excluding hydrogens is 330 g/mol. The third kappa shape index (κ3) is 4.18. The number of rotatable bonds is 5. The Morgan fingerprint density at radius 2 is 2.08 bits per heavy atom. The molecule has 1 amide bonds. The second kappa shape index (κ2) is 8.03. The lowest BCUT2D eigenvalue weighted by molar-refractivity contribution is -0.132. The number of carbonyl (C=O) groups excluding carboxylic acids is 2. The van der Waals surface area contributed by atoms with Crippen LogP contribution in [0.2, 0.25) is 0 Å². The van der Waals surface area contributed by atoms with E-state index in [4.69, 9.17) is 14.2 Å². The maximum absolute atomic E-state index is 12.4. The lowest BCUT2D eigenvalue weighted by Crippen LogP contribution is -2.29. The molecule has 0 spiro atoms. The van der Waals surface area contributed by atoms with E-state index >= 15 is 0 Å². The minimum Gasteiger partial charge on any atom is -0.493 e. The first-order valence-corrected chi connectivity index (χ1v) is 8.06. The normalized spacial score (nSPS) is 15.8. The van der Waals surface area contributed by atoms with E-state index < -0.39 is 5.97 Å². The van der Waals surface area contributed by atoms with Crippen molar-refractivity contribution >= 4 is 29.7 Å². The summed E-state index contributed by atoms with van der Waals surface area (Å²) in [5.74, 6) is 0.274. The number of benzene rings is 1. The standard InChI is InChI=1S/C17H19NO5S/c1-11-7-13(8-14(22-4)16(11)23-12(2)19)9-15-17(20)18(10-21-3)5-6-24-15/h5-9H,10H2,1-4H3. The number of methoxy groups -OCH3 is 2. The maximum atomic E-state index is 12.4. The monoisotopic (exact) mass is 349 g/mol. The summed E-state index contributed by atoms with van der Waals surface area (Å²) in [5, 5.41) is 1.82. The van der Waals surface area contributed by atoms with E-state index in [-0.39, 0.29) is 12.6 Å². The van der Waals surface area contributed by atoms with E-state index in [1.807, 2.05) is 18.4 Å². The highest BCUT2D eigenvalue weighted by Gasteiger charge is 2.20. The summed E-state index contributed by atoms with van der Waals surface area (Å²) in [6.07, 6.45) is 3.45. The van der Waals surface area contributed by atoms with Gasteiger partial charge in [0.05, 0.1) is 12.0 Å². The summed E-state index contributed by atoms with van der Waals surface area (Å²) < 4.78 is 15.5. The Balaban J connectivity index is 2.36. The van der Waals surface area contributed by atoms with E-state index in [0.717, 1.165) is 11.1 Å². The van der Waals surface area contributed by atoms with Crippen molar-refractivity contribution in [1.29, 1.82) is 0 Å². The van der Waals surface area contributed by atoms with Gasteiger partial charge in [0.25, 0.3) is 5.91 Å². The molecule has 128 valence electrons. The fourth-order valence-electron chi connectivity index (χ4n) is 2.20. The smallest absolute Gasteiger partial charge is 0.308 e. The molecule has 0 saturated carbocycles. The van der Waals surface area contributed by atoms with Gasteiger partial charge in [-0.1, -0.05) is 11.8 Å². The zero-order chi connectivity index (χ0) is 17.7. The van der Waals surface area contributed by atoms with E-state index in [1.54, 1.807) is 18.3 Å². The summed E-state index contributed by atoms with van der Waals surface area (Å²) in [5.41, 5.74) is 1.53. The molecule has 0 aromatic heterocycles. The van der Waals surface area contributed by atoms with Crippen LogP contribution in [-0.4, -0.2) is 37.7 Å². The van der Waals surface area contributed by atoms with Crippen LogP contribution in [0.15, 0.2) is 28.6 Å². The molecule has 0 saturated heterocycles. The van der Waals surface area contributed by atoms with Crippen LogP contribution in [0.5, 0.6) is 11.5 Å². The Morgan fingerprint density at radius 1 is 1.33 bits per heavy atom. The molecule has 0 atom stereocenters. The van der Waals surface area contributed by atoms with E-state index in [2.05, 4.69) is 0 Å². The van der Waals surface area contributed by atoms with Crippen molar-refractivity contribution in [1.82, 2.24) is 4.90 Å². The fraction of sp³-hybridized carbons (Fsp3) is 0.294. The first-order valence-electron chi connectivity index (χ1n) is 7.18. The van der Waals surface area contributed by atoms with Gasteiger partial charge in [0.2, 0.25) is 0 Å². The SMILES string of the molecule is COCN1C=CSC(=Cc2cc(C)c(OC(C)=O)c(OC)c2)C1=O. The van der Waals surface area contributed by atoms with Gasteiger partial charge in [0, 0.05) is 20.2 Å². The summed E-state index contributed by atoms with van der Waals surface area (Å²) >= 11 is 1.34. The molecule has 6 nitrogen and oxygen atoms in total. The van der Waals surface area contributed by atoms with Gasteiger partial charge in [-0.05, 0) is 41.7 Å². The predicted molar refractivity (Wildman–Crippen MR) is 92.5 cm³/mol. The second-order valence-corrected chi connectivity index (χ2v) is 6.01. The van der Waals surface area contributed by atoms with Crippen LogP contribution >= 0.6 is 11.8 Å². The Kier molecular flexibility index (Phi) is 6.05. The zero-order valence-corrected chi connectivity index (χ0v) is 14.8. The van der Waals surface area contributed by atoms with Crippen molar-refractivity contribution in [3.63, 3.8) is 0 Å². The van der Waals surface area contributed by atoms with Crippen molar-refractivity contribution in [2.24, 2.45) is 0 Å². The molecule has 1 aromatic carbocycles. The van der Waals surface area contributed by atoms with Crippen molar-refractivity contribution in [3.05, 3.63) is 39.8 Å². The largest absolute Gasteiger partial charge is 0.493 e. The van der Waals surface area contributed by atoms with E-state index in [0.29, 0.717) is 16.4 Å². The van der Waals surface area contributed by atoms with Crippen LogP contribution < -0.4 is 9.47 Å². The molecule has 0 bridgehead atoms. The quantitative estimate of drug-likeness (QED) is 0.463. The van der Waals surface area contributed by atoms with Crippen LogP contribution in [0.4, 0.5) is 0 Å². The van der Waals surface area contributed by atoms with Crippen LogP contribution in [0.3, 0.4) is 0 Å². The van der Waals surface area contributed by atoms with Gasteiger partial charge in [0.1, 0.15) is 6.73 Å². The molecule has 7 heteroatoms. The van der Waals surface area contributed by atoms with Crippen LogP contribution in [0.1, 0.15) is 18.1 Å². The molecule has 2 rings (SSSR count). The number of carbonyl (C=O) groups is 2. The number of hydrogen-bond acceptors (Lipinski definition) is 6. The number of amides is 1. The minimum atomic E-state index is -0.416.